The number of carbonyl (C=O) groups is 2. The molecule has 0 aliphatic carbocycles. The average Bonchev–Trinajstić information content (AvgIpc) is 3.25. The number of carbonyl (C=O) groups excluding carboxylic acids is 2. The Hall–Kier alpha value is -7.70. The van der Waals surface area contributed by atoms with Crippen LogP contribution in [0.4, 0.5) is 34.1 Å². The highest BCUT2D eigenvalue weighted by molar-refractivity contribution is 5.94. The van der Waals surface area contributed by atoms with Gasteiger partial charge in [-0.1, -0.05) is 98.1 Å². The van der Waals surface area contributed by atoms with Gasteiger partial charge in [0.25, 0.3) is 0 Å². The SMILES string of the molecule is C=C(C)C(=O)Oc1ccc2cc(N(c3ccccc3)c3ccc(-c4ccc(N(c5ccccc5)c5ccc6cc(OC(=O)C(=C)C)ccc6c5)cc4)cc3)ccc2c1. The van der Waals surface area contributed by atoms with Gasteiger partial charge in [0.2, 0.25) is 0 Å². The zero-order valence-corrected chi connectivity index (χ0v) is 32.3. The lowest BCUT2D eigenvalue weighted by atomic mass is 10.0. The number of hydrogen-bond acceptors (Lipinski definition) is 6. The van der Waals surface area contributed by atoms with Crippen LogP contribution in [0.5, 0.6) is 11.5 Å². The standard InChI is InChI=1S/C52H40N2O4/c1-35(2)51(55)57-49-29-21-39-31-47(27-19-41(39)33-49)53(43-11-7-5-8-12-43)45-23-15-37(16-24-45)38-17-25-46(26-18-38)54(44-13-9-6-10-14-44)48-28-20-42-34-50(30-22-40(42)32-48)58-52(56)36(3)4/h5-34H,1,3H2,2,4H3. The second-order valence-corrected chi connectivity index (χ2v) is 14.2. The van der Waals surface area contributed by atoms with Gasteiger partial charge in [-0.15, -0.1) is 0 Å². The van der Waals surface area contributed by atoms with Crippen LogP contribution in [0.1, 0.15) is 13.8 Å². The Morgan fingerprint density at radius 1 is 0.379 bits per heavy atom. The molecule has 0 heterocycles. The molecule has 58 heavy (non-hydrogen) atoms. The number of hydrogen-bond donors (Lipinski definition) is 0. The molecular weight excluding hydrogens is 717 g/mol. The van der Waals surface area contributed by atoms with E-state index in [4.69, 9.17) is 9.47 Å². The monoisotopic (exact) mass is 756 g/mol. The Morgan fingerprint density at radius 2 is 0.690 bits per heavy atom. The third kappa shape index (κ3) is 7.99. The highest BCUT2D eigenvalue weighted by Gasteiger charge is 2.16. The maximum atomic E-state index is 12.1. The molecule has 0 saturated carbocycles. The zero-order valence-electron chi connectivity index (χ0n) is 32.3. The van der Waals surface area contributed by atoms with E-state index in [1.807, 2.05) is 84.9 Å². The second-order valence-electron chi connectivity index (χ2n) is 14.2. The highest BCUT2D eigenvalue weighted by Crippen LogP contribution is 2.40. The number of nitrogens with zero attached hydrogens (tertiary/aromatic N) is 2. The van der Waals surface area contributed by atoms with Crippen molar-refractivity contribution in [2.75, 3.05) is 9.80 Å². The van der Waals surface area contributed by atoms with Gasteiger partial charge in [-0.3, -0.25) is 0 Å². The van der Waals surface area contributed by atoms with Crippen molar-refractivity contribution in [3.63, 3.8) is 0 Å². The van der Waals surface area contributed by atoms with Crippen molar-refractivity contribution in [2.45, 2.75) is 13.8 Å². The van der Waals surface area contributed by atoms with E-state index < -0.39 is 11.9 Å². The Labute approximate surface area is 338 Å². The first-order valence-electron chi connectivity index (χ1n) is 18.9. The molecular formula is C52H40N2O4. The molecule has 8 rings (SSSR count). The van der Waals surface area contributed by atoms with Crippen molar-refractivity contribution in [3.05, 3.63) is 206 Å². The highest BCUT2D eigenvalue weighted by atomic mass is 16.5. The van der Waals surface area contributed by atoms with Gasteiger partial charge in [0.05, 0.1) is 0 Å². The Bertz CT molecular complexity index is 2620. The van der Waals surface area contributed by atoms with Crippen LogP contribution in [0.25, 0.3) is 32.7 Å². The van der Waals surface area contributed by atoms with Gasteiger partial charge in [-0.2, -0.15) is 0 Å². The zero-order chi connectivity index (χ0) is 40.2. The average molecular weight is 757 g/mol. The molecule has 8 aromatic carbocycles. The van der Waals surface area contributed by atoms with E-state index in [2.05, 4.69) is 120 Å². The van der Waals surface area contributed by atoms with Crippen LogP contribution in [-0.2, 0) is 9.59 Å². The van der Waals surface area contributed by atoms with E-state index in [1.165, 1.54) is 0 Å². The first-order valence-corrected chi connectivity index (χ1v) is 18.9. The summed E-state index contributed by atoms with van der Waals surface area (Å²) >= 11 is 0. The van der Waals surface area contributed by atoms with Crippen molar-refractivity contribution in [2.24, 2.45) is 0 Å². The predicted octanol–water partition coefficient (Wildman–Crippen LogP) is 13.6. The summed E-state index contributed by atoms with van der Waals surface area (Å²) in [6.45, 7) is 10.6. The van der Waals surface area contributed by atoms with Gasteiger partial charge in [0.1, 0.15) is 11.5 Å². The summed E-state index contributed by atoms with van der Waals surface area (Å²) in [5, 5.41) is 3.97. The summed E-state index contributed by atoms with van der Waals surface area (Å²) < 4.78 is 10.9. The van der Waals surface area contributed by atoms with Gasteiger partial charge in [-0.25, -0.2) is 9.59 Å². The second kappa shape index (κ2) is 16.2. The minimum Gasteiger partial charge on any atom is -0.423 e. The van der Waals surface area contributed by atoms with Gasteiger partial charge >= 0.3 is 11.9 Å². The molecule has 8 aromatic rings. The van der Waals surface area contributed by atoms with Gasteiger partial charge in [0.15, 0.2) is 0 Å². The first-order chi connectivity index (χ1) is 28.2. The van der Waals surface area contributed by atoms with Crippen molar-refractivity contribution in [1.29, 1.82) is 0 Å². The Kier molecular flexibility index (Phi) is 10.4. The largest absolute Gasteiger partial charge is 0.423 e. The number of esters is 2. The molecule has 0 radical (unpaired) electrons. The van der Waals surface area contributed by atoms with Crippen molar-refractivity contribution < 1.29 is 19.1 Å². The quantitative estimate of drug-likeness (QED) is 0.0744. The van der Waals surface area contributed by atoms with Gasteiger partial charge < -0.3 is 19.3 Å². The molecule has 0 amide bonds. The van der Waals surface area contributed by atoms with E-state index >= 15 is 0 Å². The molecule has 0 spiro atoms. The van der Waals surface area contributed by atoms with E-state index in [1.54, 1.807) is 13.8 Å². The topological polar surface area (TPSA) is 59.1 Å². The Morgan fingerprint density at radius 3 is 1.05 bits per heavy atom. The third-order valence-electron chi connectivity index (χ3n) is 9.84. The normalized spacial score (nSPS) is 10.9. The molecule has 0 aliphatic rings. The lowest BCUT2D eigenvalue weighted by molar-refractivity contribution is -0.130. The van der Waals surface area contributed by atoms with E-state index in [-0.39, 0.29) is 0 Å². The fraction of sp³-hybridized carbons (Fsp3) is 0.0385. The van der Waals surface area contributed by atoms with E-state index in [9.17, 15) is 9.59 Å². The van der Waals surface area contributed by atoms with Crippen LogP contribution in [0.15, 0.2) is 206 Å². The molecule has 0 N–H and O–H groups in total. The number of anilines is 6. The summed E-state index contributed by atoms with van der Waals surface area (Å²) in [5.41, 5.74) is 9.01. The molecule has 0 aliphatic heterocycles. The number of benzene rings is 8. The van der Waals surface area contributed by atoms with Gasteiger partial charge in [-0.05, 0) is 144 Å². The number of para-hydroxylation sites is 2. The number of fused-ring (bicyclic) bond motifs is 2. The lowest BCUT2D eigenvalue weighted by Gasteiger charge is -2.26. The van der Waals surface area contributed by atoms with Crippen LogP contribution in [0.3, 0.4) is 0 Å². The minimum atomic E-state index is -0.442. The summed E-state index contributed by atoms with van der Waals surface area (Å²) in [6.07, 6.45) is 0. The molecule has 0 fully saturated rings. The molecule has 0 aromatic heterocycles. The molecule has 6 heteroatoms. The molecule has 0 atom stereocenters. The maximum absolute atomic E-state index is 12.1. The predicted molar refractivity (Wildman–Crippen MR) is 237 cm³/mol. The van der Waals surface area contributed by atoms with E-state index in [0.717, 1.165) is 66.8 Å². The third-order valence-corrected chi connectivity index (χ3v) is 9.84. The summed E-state index contributed by atoms with van der Waals surface area (Å²) in [5.74, 6) is 0.0860. The lowest BCUT2D eigenvalue weighted by Crippen LogP contribution is -2.10. The van der Waals surface area contributed by atoms with E-state index in [0.29, 0.717) is 22.6 Å². The van der Waals surface area contributed by atoms with Crippen molar-refractivity contribution >= 4 is 67.6 Å². The van der Waals surface area contributed by atoms with Gasteiger partial charge in [0, 0.05) is 45.3 Å². The van der Waals surface area contributed by atoms with Crippen LogP contribution < -0.4 is 19.3 Å². The smallest absolute Gasteiger partial charge is 0.338 e. The summed E-state index contributed by atoms with van der Waals surface area (Å²) in [6, 6.07) is 61.7. The Balaban J connectivity index is 1.07. The fourth-order valence-electron chi connectivity index (χ4n) is 6.87. The molecule has 0 saturated heterocycles. The summed E-state index contributed by atoms with van der Waals surface area (Å²) in [4.78, 5) is 28.7. The molecule has 282 valence electrons. The maximum Gasteiger partial charge on any atom is 0.338 e. The fourth-order valence-corrected chi connectivity index (χ4v) is 6.87. The van der Waals surface area contributed by atoms with Crippen LogP contribution >= 0.6 is 0 Å². The van der Waals surface area contributed by atoms with Crippen LogP contribution in [0, 0.1) is 0 Å². The number of ether oxygens (including phenoxy) is 2. The molecule has 6 nitrogen and oxygen atoms in total. The molecule has 0 bridgehead atoms. The molecule has 0 unspecified atom stereocenters. The van der Waals surface area contributed by atoms with Crippen molar-refractivity contribution in [1.82, 2.24) is 0 Å². The first kappa shape index (κ1) is 37.2. The van der Waals surface area contributed by atoms with Crippen molar-refractivity contribution in [3.8, 4) is 22.6 Å². The number of rotatable bonds is 11. The van der Waals surface area contributed by atoms with Crippen LogP contribution in [0.2, 0.25) is 0 Å². The summed E-state index contributed by atoms with van der Waals surface area (Å²) in [7, 11) is 0. The minimum absolute atomic E-state index is 0.354. The van der Waals surface area contributed by atoms with Crippen LogP contribution in [-0.4, -0.2) is 11.9 Å².